The highest BCUT2D eigenvalue weighted by Gasteiger charge is 2.31. The predicted molar refractivity (Wildman–Crippen MR) is 111 cm³/mol. The lowest BCUT2D eigenvalue weighted by Gasteiger charge is -2.31. The minimum Gasteiger partial charge on any atom is -0.470 e. The van der Waals surface area contributed by atoms with E-state index in [2.05, 4.69) is 0 Å². The summed E-state index contributed by atoms with van der Waals surface area (Å²) < 4.78 is 50.8. The van der Waals surface area contributed by atoms with Crippen LogP contribution in [-0.4, -0.2) is 27.7 Å². The largest absolute Gasteiger partial charge is 0.470 e. The predicted octanol–water partition coefficient (Wildman–Crippen LogP) is 4.95. The van der Waals surface area contributed by atoms with Gasteiger partial charge in [0, 0.05) is 17.5 Å². The Labute approximate surface area is 182 Å². The number of aromatic nitrogens is 1. The van der Waals surface area contributed by atoms with Crippen LogP contribution < -0.4 is 5.56 Å². The Kier molecular flexibility index (Phi) is 5.30. The van der Waals surface area contributed by atoms with E-state index in [4.69, 9.17) is 9.15 Å². The summed E-state index contributed by atoms with van der Waals surface area (Å²) in [6.07, 6.45) is -1.43. The van der Waals surface area contributed by atoms with Crippen molar-refractivity contribution < 1.29 is 27.1 Å². The number of hydrogen-bond acceptors (Lipinski definition) is 4. The van der Waals surface area contributed by atoms with Crippen LogP contribution in [0, 0.1) is 0 Å². The summed E-state index contributed by atoms with van der Waals surface area (Å²) in [7, 11) is 0. The zero-order chi connectivity index (χ0) is 23.3. The molecule has 0 spiro atoms. The van der Waals surface area contributed by atoms with Crippen LogP contribution in [0.5, 0.6) is 0 Å². The van der Waals surface area contributed by atoms with Crippen LogP contribution in [0.1, 0.15) is 43.0 Å². The van der Waals surface area contributed by atoms with Crippen LogP contribution in [0.2, 0.25) is 0 Å². The van der Waals surface area contributed by atoms with Gasteiger partial charge in [0.05, 0.1) is 30.4 Å². The van der Waals surface area contributed by atoms with Gasteiger partial charge in [0.25, 0.3) is 5.56 Å². The maximum atomic E-state index is 13.4. The number of carbonyl (C=O) groups excluding carboxylic acids is 1. The molecule has 0 radical (unpaired) electrons. The lowest BCUT2D eigenvalue weighted by molar-refractivity contribution is -0.137. The molecule has 1 amide bonds. The molecule has 4 rings (SSSR count). The van der Waals surface area contributed by atoms with Gasteiger partial charge in [0.15, 0.2) is 0 Å². The molecule has 0 aliphatic carbocycles. The zero-order valence-electron chi connectivity index (χ0n) is 18.0. The highest BCUT2D eigenvalue weighted by atomic mass is 19.4. The first-order valence-electron chi connectivity index (χ1n) is 10.2. The van der Waals surface area contributed by atoms with Crippen LogP contribution in [0.15, 0.2) is 46.0 Å². The van der Waals surface area contributed by atoms with Gasteiger partial charge in [-0.05, 0) is 50.5 Å². The highest BCUT2D eigenvalue weighted by Crippen LogP contribution is 2.30. The molecule has 32 heavy (non-hydrogen) atoms. The molecule has 1 aliphatic rings. The van der Waals surface area contributed by atoms with Crippen LogP contribution >= 0.6 is 0 Å². The van der Waals surface area contributed by atoms with Gasteiger partial charge in [0.2, 0.25) is 0 Å². The quantitative estimate of drug-likeness (QED) is 0.556. The fourth-order valence-electron chi connectivity index (χ4n) is 3.88. The number of amides is 1. The number of hydrogen-bond donors (Lipinski definition) is 0. The molecule has 0 unspecified atom stereocenters. The molecular weight excluding hydrogens is 425 g/mol. The third kappa shape index (κ3) is 4.24. The molecular formula is C23H23F3N2O4. The Morgan fingerprint density at radius 2 is 1.78 bits per heavy atom. The minimum atomic E-state index is -4.43. The number of rotatable bonds is 2. The molecule has 0 N–H and O–H groups in total. The van der Waals surface area contributed by atoms with Crippen molar-refractivity contribution in [2.45, 2.75) is 52.1 Å². The molecule has 9 heteroatoms. The van der Waals surface area contributed by atoms with Crippen LogP contribution in [0.4, 0.5) is 18.0 Å². The topological polar surface area (TPSA) is 64.7 Å². The van der Waals surface area contributed by atoms with Gasteiger partial charge in [-0.1, -0.05) is 12.1 Å². The number of carbonyl (C=O) groups is 1. The maximum Gasteiger partial charge on any atom is 0.416 e. The number of pyridine rings is 1. The fourth-order valence-corrected chi connectivity index (χ4v) is 3.88. The van der Waals surface area contributed by atoms with Crippen molar-refractivity contribution in [1.82, 2.24) is 9.47 Å². The van der Waals surface area contributed by atoms with E-state index >= 15 is 0 Å². The third-order valence-electron chi connectivity index (χ3n) is 5.38. The van der Waals surface area contributed by atoms with Crippen molar-refractivity contribution in [3.8, 4) is 0 Å². The summed E-state index contributed by atoms with van der Waals surface area (Å²) in [6, 6.07) is 4.70. The van der Waals surface area contributed by atoms with Crippen LogP contribution in [0.25, 0.3) is 10.9 Å². The summed E-state index contributed by atoms with van der Waals surface area (Å²) in [6.45, 7) is 5.90. The number of halogens is 3. The second kappa shape index (κ2) is 7.72. The van der Waals surface area contributed by atoms with Crippen LogP contribution in [-0.2, 0) is 30.4 Å². The number of fused-ring (bicyclic) bond motifs is 3. The third-order valence-corrected chi connectivity index (χ3v) is 5.38. The summed E-state index contributed by atoms with van der Waals surface area (Å²) in [4.78, 5) is 27.4. The molecule has 1 aromatic carbocycles. The minimum absolute atomic E-state index is 0.0761. The maximum absolute atomic E-state index is 13.4. The van der Waals surface area contributed by atoms with Gasteiger partial charge in [-0.25, -0.2) is 4.79 Å². The van der Waals surface area contributed by atoms with Crippen molar-refractivity contribution in [2.75, 3.05) is 6.54 Å². The molecule has 0 saturated carbocycles. The highest BCUT2D eigenvalue weighted by molar-refractivity contribution is 5.83. The van der Waals surface area contributed by atoms with E-state index in [9.17, 15) is 22.8 Å². The average molecular weight is 448 g/mol. The van der Waals surface area contributed by atoms with Crippen molar-refractivity contribution in [3.05, 3.63) is 69.4 Å². The van der Waals surface area contributed by atoms with E-state index in [1.807, 2.05) is 0 Å². The molecule has 170 valence electrons. The van der Waals surface area contributed by atoms with Gasteiger partial charge in [-0.15, -0.1) is 0 Å². The van der Waals surface area contributed by atoms with E-state index in [-0.39, 0.29) is 18.6 Å². The van der Waals surface area contributed by atoms with Crippen molar-refractivity contribution in [1.29, 1.82) is 0 Å². The van der Waals surface area contributed by atoms with Gasteiger partial charge in [0.1, 0.15) is 11.9 Å². The monoisotopic (exact) mass is 448 g/mol. The van der Waals surface area contributed by atoms with E-state index < -0.39 is 23.4 Å². The Morgan fingerprint density at radius 1 is 1.09 bits per heavy atom. The lowest BCUT2D eigenvalue weighted by atomic mass is 9.98. The molecule has 3 heterocycles. The normalized spacial score (nSPS) is 14.5. The molecule has 0 bridgehead atoms. The van der Waals surface area contributed by atoms with E-state index in [0.717, 1.165) is 23.1 Å². The second-order valence-corrected chi connectivity index (χ2v) is 8.87. The van der Waals surface area contributed by atoms with Gasteiger partial charge >= 0.3 is 12.3 Å². The SMILES string of the molecule is CC(C)(C)OC(=O)N1CCc2c(c(=O)n(Cc3ccc(C(F)(F)F)cc3)c3cocc23)C1. The Morgan fingerprint density at radius 3 is 2.41 bits per heavy atom. The first-order chi connectivity index (χ1) is 14.9. The number of nitrogens with zero attached hydrogens (tertiary/aromatic N) is 2. The van der Waals surface area contributed by atoms with Gasteiger partial charge in [-0.2, -0.15) is 13.2 Å². The van der Waals surface area contributed by atoms with Gasteiger partial charge < -0.3 is 18.6 Å². The zero-order valence-corrected chi connectivity index (χ0v) is 18.0. The number of benzene rings is 1. The van der Waals surface area contributed by atoms with Crippen molar-refractivity contribution in [2.24, 2.45) is 0 Å². The molecule has 3 aromatic rings. The molecule has 0 fully saturated rings. The summed E-state index contributed by atoms with van der Waals surface area (Å²) in [5.41, 5.74) is 0.684. The van der Waals surface area contributed by atoms with E-state index in [1.165, 1.54) is 27.9 Å². The molecule has 0 saturated heterocycles. The first-order valence-corrected chi connectivity index (χ1v) is 10.2. The first kappa shape index (κ1) is 22.0. The van der Waals surface area contributed by atoms with Crippen LogP contribution in [0.3, 0.4) is 0 Å². The molecule has 0 atom stereocenters. The molecule has 1 aliphatic heterocycles. The summed E-state index contributed by atoms with van der Waals surface area (Å²) >= 11 is 0. The van der Waals surface area contributed by atoms with Gasteiger partial charge in [-0.3, -0.25) is 4.79 Å². The second-order valence-electron chi connectivity index (χ2n) is 8.87. The van der Waals surface area contributed by atoms with E-state index in [0.29, 0.717) is 29.6 Å². The smallest absolute Gasteiger partial charge is 0.416 e. The van der Waals surface area contributed by atoms with E-state index in [1.54, 1.807) is 27.0 Å². The summed E-state index contributed by atoms with van der Waals surface area (Å²) in [5.74, 6) is 0. The van der Waals surface area contributed by atoms with Crippen molar-refractivity contribution >= 4 is 17.0 Å². The number of ether oxygens (including phenoxy) is 1. The van der Waals surface area contributed by atoms with Crippen molar-refractivity contribution in [3.63, 3.8) is 0 Å². The Hall–Kier alpha value is -3.23. The fraction of sp³-hybridized carbons (Fsp3) is 0.391. The molecule has 2 aromatic heterocycles. The standard InChI is InChI=1S/C23H23F3N2O4/c1-22(2,3)32-21(30)27-9-8-16-17(11-27)20(29)28(19-13-31-12-18(16)19)10-14-4-6-15(7-5-14)23(24,25)26/h4-7,12-13H,8-11H2,1-3H3. The number of alkyl halides is 3. The Bertz CT molecular complexity index is 1220. The lowest BCUT2D eigenvalue weighted by Crippen LogP contribution is -2.42. The molecule has 6 nitrogen and oxygen atoms in total. The number of furan rings is 1. The Balaban J connectivity index is 1.70. The summed E-state index contributed by atoms with van der Waals surface area (Å²) in [5, 5.41) is 0.760. The average Bonchev–Trinajstić information content (AvgIpc) is 3.19.